The number of carbonyl (C=O) groups is 2. The van der Waals surface area contributed by atoms with Gasteiger partial charge in [0.05, 0.1) is 0 Å². The van der Waals surface area contributed by atoms with Crippen molar-refractivity contribution in [2.24, 2.45) is 0 Å². The summed E-state index contributed by atoms with van der Waals surface area (Å²) in [5.74, 6) is -0.0644. The topological polar surface area (TPSA) is 62.8 Å². The van der Waals surface area contributed by atoms with Crippen molar-refractivity contribution in [2.75, 3.05) is 0 Å². The number of nitrogens with one attached hydrogen (secondary N) is 1. The number of primary amides is 1. The molecule has 0 unspecified atom stereocenters. The van der Waals surface area contributed by atoms with Crippen molar-refractivity contribution in [2.45, 2.75) is 83.6 Å². The van der Waals surface area contributed by atoms with Crippen molar-refractivity contribution >= 4 is 11.9 Å². The molecule has 0 aliphatic carbocycles. The molecular formula is C15H29Cl2N2O2-. The van der Waals surface area contributed by atoms with Gasteiger partial charge in [-0.15, -0.1) is 0 Å². The second kappa shape index (κ2) is 12.2. The predicted octanol–water partition coefficient (Wildman–Crippen LogP) is -3.51. The lowest BCUT2D eigenvalue weighted by molar-refractivity contribution is -0.614. The molecule has 21 heavy (non-hydrogen) atoms. The van der Waals surface area contributed by atoms with Gasteiger partial charge in [0.25, 0.3) is 5.91 Å². The van der Waals surface area contributed by atoms with E-state index in [-0.39, 0.29) is 36.8 Å². The standard InChI is InChI=1S/C15H28N2O2.2ClH/c1-3-5-7-9-11-15(12-10-8-6-4-2)13(18)16-14(19)17-15;;/h3-12H2,1-2H3,(H2,16,17,18,19);2*1H/p-1. The monoisotopic (exact) mass is 339 g/mol. The summed E-state index contributed by atoms with van der Waals surface area (Å²) >= 11 is 0. The molecule has 0 spiro atoms. The van der Waals surface area contributed by atoms with Gasteiger partial charge < -0.3 is 24.8 Å². The van der Waals surface area contributed by atoms with E-state index < -0.39 is 5.54 Å². The number of imide groups is 1. The number of rotatable bonds is 10. The minimum Gasteiger partial charge on any atom is -1.00 e. The van der Waals surface area contributed by atoms with Crippen molar-refractivity contribution in [3.05, 3.63) is 0 Å². The zero-order chi connectivity index (χ0) is 14.1. The van der Waals surface area contributed by atoms with Gasteiger partial charge >= 0.3 is 6.03 Å². The van der Waals surface area contributed by atoms with Gasteiger partial charge in [-0.2, -0.15) is 0 Å². The summed E-state index contributed by atoms with van der Waals surface area (Å²) < 4.78 is 0. The van der Waals surface area contributed by atoms with Gasteiger partial charge in [-0.1, -0.05) is 52.4 Å². The van der Waals surface area contributed by atoms with Crippen LogP contribution in [0.1, 0.15) is 78.1 Å². The summed E-state index contributed by atoms with van der Waals surface area (Å²) in [4.78, 5) is 23.5. The molecule has 1 aliphatic heterocycles. The number of halogens is 2. The number of urea groups is 1. The second-order valence-corrected chi connectivity index (χ2v) is 5.74. The van der Waals surface area contributed by atoms with Gasteiger partial charge in [0.1, 0.15) is 0 Å². The van der Waals surface area contributed by atoms with Crippen LogP contribution in [0.4, 0.5) is 4.79 Å². The maximum Gasteiger partial charge on any atom is 0.420 e. The average Bonchev–Trinajstić information content (AvgIpc) is 2.66. The number of hydrogen-bond acceptors (Lipinski definition) is 2. The number of amides is 3. The summed E-state index contributed by atoms with van der Waals surface area (Å²) in [5.41, 5.74) is -0.501. The zero-order valence-electron chi connectivity index (χ0n) is 13.2. The first kappa shape index (κ1) is 23.0. The minimum absolute atomic E-state index is 0. The van der Waals surface area contributed by atoms with Crippen LogP contribution >= 0.6 is 0 Å². The lowest BCUT2D eigenvalue weighted by atomic mass is 9.86. The Kier molecular flexibility index (Phi) is 13.4. The molecule has 0 atom stereocenters. The Morgan fingerprint density at radius 2 is 1.33 bits per heavy atom. The first-order chi connectivity index (χ1) is 9.14. The molecule has 1 rings (SSSR count). The van der Waals surface area contributed by atoms with Crippen molar-refractivity contribution in [1.29, 1.82) is 0 Å². The van der Waals surface area contributed by atoms with Crippen molar-refractivity contribution in [3.63, 3.8) is 0 Å². The van der Waals surface area contributed by atoms with E-state index in [1.165, 1.54) is 25.7 Å². The third-order valence-electron chi connectivity index (χ3n) is 4.05. The molecule has 3 amide bonds. The van der Waals surface area contributed by atoms with E-state index in [0.717, 1.165) is 38.5 Å². The molecule has 1 fully saturated rings. The Hall–Kier alpha value is -0.320. The van der Waals surface area contributed by atoms with Crippen LogP contribution in [-0.4, -0.2) is 17.5 Å². The van der Waals surface area contributed by atoms with Gasteiger partial charge in [0.2, 0.25) is 0 Å². The summed E-state index contributed by atoms with van der Waals surface area (Å²) in [6.45, 7) is 4.36. The van der Waals surface area contributed by atoms with Gasteiger partial charge in [-0.25, -0.2) is 15.4 Å². The number of quaternary nitrogens is 1. The van der Waals surface area contributed by atoms with Gasteiger partial charge in [0, 0.05) is 12.8 Å². The van der Waals surface area contributed by atoms with Gasteiger partial charge in [-0.05, 0) is 12.8 Å². The molecule has 0 saturated carbocycles. The lowest BCUT2D eigenvalue weighted by Crippen LogP contribution is -3.00. The van der Waals surface area contributed by atoms with Crippen LogP contribution in [0.15, 0.2) is 0 Å². The average molecular weight is 340 g/mol. The molecule has 3 N–H and O–H groups in total. The van der Waals surface area contributed by atoms with Crippen molar-refractivity contribution in [1.82, 2.24) is 5.32 Å². The van der Waals surface area contributed by atoms with E-state index in [9.17, 15) is 9.59 Å². The Bertz CT molecular complexity index is 300. The Labute approximate surface area is 141 Å². The Balaban J connectivity index is 0. The maximum absolute atomic E-state index is 12.1. The van der Waals surface area contributed by atoms with Gasteiger partial charge in [-0.3, -0.25) is 4.79 Å². The summed E-state index contributed by atoms with van der Waals surface area (Å²) in [7, 11) is 0. The van der Waals surface area contributed by atoms with Crippen molar-refractivity contribution in [3.8, 4) is 0 Å². The minimum atomic E-state index is -0.501. The van der Waals surface area contributed by atoms with Crippen LogP contribution < -0.4 is 35.4 Å². The zero-order valence-corrected chi connectivity index (χ0v) is 14.7. The fourth-order valence-corrected chi connectivity index (χ4v) is 2.82. The summed E-state index contributed by atoms with van der Waals surface area (Å²) in [6, 6.07) is -0.198. The van der Waals surface area contributed by atoms with E-state index in [1.54, 1.807) is 5.32 Å². The van der Waals surface area contributed by atoms with Crippen LogP contribution in [0.25, 0.3) is 0 Å². The Morgan fingerprint density at radius 1 is 0.857 bits per heavy atom. The van der Waals surface area contributed by atoms with Crippen LogP contribution in [0, 0.1) is 0 Å². The largest absolute Gasteiger partial charge is 1.00 e. The van der Waals surface area contributed by atoms with E-state index >= 15 is 0 Å². The molecule has 1 saturated heterocycles. The SMILES string of the molecule is CCCCCCC1(CCCCCC)[NH2+]C(=O)NC1=O.[Cl-].[Cl-]. The maximum atomic E-state index is 12.1. The molecule has 1 aliphatic rings. The van der Waals surface area contributed by atoms with Crippen LogP contribution in [0.3, 0.4) is 0 Å². The smallest absolute Gasteiger partial charge is 0.420 e. The molecule has 0 bridgehead atoms. The second-order valence-electron chi connectivity index (χ2n) is 5.74. The number of unbranched alkanes of at least 4 members (excludes halogenated alkanes) is 6. The van der Waals surface area contributed by atoms with E-state index in [4.69, 9.17) is 0 Å². The van der Waals surface area contributed by atoms with Crippen LogP contribution in [0.2, 0.25) is 0 Å². The third-order valence-corrected chi connectivity index (χ3v) is 4.05. The van der Waals surface area contributed by atoms with Crippen molar-refractivity contribution < 1.29 is 39.7 Å². The van der Waals surface area contributed by atoms with Gasteiger partial charge in [0.15, 0.2) is 5.54 Å². The first-order valence-corrected chi connectivity index (χ1v) is 7.86. The molecule has 126 valence electrons. The third kappa shape index (κ3) is 7.48. The van der Waals surface area contributed by atoms with E-state index in [1.807, 2.05) is 0 Å². The highest BCUT2D eigenvalue weighted by molar-refractivity contribution is 6.00. The van der Waals surface area contributed by atoms with Crippen LogP contribution in [0.5, 0.6) is 0 Å². The highest BCUT2D eigenvalue weighted by Crippen LogP contribution is 2.21. The quantitative estimate of drug-likeness (QED) is 0.320. The molecule has 0 aromatic rings. The highest BCUT2D eigenvalue weighted by atomic mass is 35.5. The van der Waals surface area contributed by atoms with Crippen LogP contribution in [-0.2, 0) is 4.79 Å². The predicted molar refractivity (Wildman–Crippen MR) is 75.7 cm³/mol. The fraction of sp³-hybridized carbons (Fsp3) is 0.867. The summed E-state index contributed by atoms with van der Waals surface area (Å²) in [5, 5.41) is 4.10. The molecule has 0 aromatic heterocycles. The summed E-state index contributed by atoms with van der Waals surface area (Å²) in [6.07, 6.45) is 10.9. The normalized spacial score (nSPS) is 16.1. The molecular weight excluding hydrogens is 311 g/mol. The number of hydrogen-bond donors (Lipinski definition) is 2. The number of nitrogens with two attached hydrogens (primary N) is 1. The lowest BCUT2D eigenvalue weighted by Gasteiger charge is -2.21. The fourth-order valence-electron chi connectivity index (χ4n) is 2.82. The molecule has 1 heterocycles. The highest BCUT2D eigenvalue weighted by Gasteiger charge is 2.49. The first-order valence-electron chi connectivity index (χ1n) is 7.86. The molecule has 0 radical (unpaired) electrons. The number of carbonyl (C=O) groups excluding carboxylic acids is 2. The molecule has 4 nitrogen and oxygen atoms in total. The molecule has 0 aromatic carbocycles. The molecule has 6 heteroatoms. The Morgan fingerprint density at radius 3 is 1.67 bits per heavy atom. The van der Waals surface area contributed by atoms with E-state index in [0.29, 0.717) is 0 Å². The van der Waals surface area contributed by atoms with E-state index in [2.05, 4.69) is 19.2 Å².